The fourth-order valence-electron chi connectivity index (χ4n) is 2.31. The van der Waals surface area contributed by atoms with E-state index >= 15 is 0 Å². The van der Waals surface area contributed by atoms with E-state index in [0.717, 1.165) is 5.69 Å². The van der Waals surface area contributed by atoms with E-state index in [-0.39, 0.29) is 5.82 Å². The summed E-state index contributed by atoms with van der Waals surface area (Å²) >= 11 is 6.12. The van der Waals surface area contributed by atoms with Crippen LogP contribution in [0.25, 0.3) is 11.3 Å². The molecule has 3 rings (SSSR count). The van der Waals surface area contributed by atoms with E-state index in [1.165, 1.54) is 24.6 Å². The molecule has 1 aromatic carbocycles. The Kier molecular flexibility index (Phi) is 2.48. The summed E-state index contributed by atoms with van der Waals surface area (Å²) in [7, 11) is 0. The second-order valence-electron chi connectivity index (χ2n) is 4.56. The molecule has 1 aromatic heterocycles. The molecule has 1 heterocycles. The molecule has 0 aliphatic heterocycles. The molecule has 0 N–H and O–H groups in total. The predicted octanol–water partition coefficient (Wildman–Crippen LogP) is 4.59. The zero-order valence-electron chi connectivity index (χ0n) is 9.58. The molecule has 0 radical (unpaired) electrons. The molecule has 0 bridgehead atoms. The predicted molar refractivity (Wildman–Crippen MR) is 67.8 cm³/mol. The van der Waals surface area contributed by atoms with Crippen LogP contribution in [-0.2, 0) is 0 Å². The molecule has 1 fully saturated rings. The minimum Gasteiger partial charge on any atom is -0.342 e. The molecule has 0 saturated heterocycles. The molecule has 17 heavy (non-hydrogen) atoms. The second-order valence-corrected chi connectivity index (χ2v) is 4.96. The maximum absolute atomic E-state index is 13.9. The molecule has 1 aliphatic rings. The Hall–Kier alpha value is -1.28. The fourth-order valence-corrected chi connectivity index (χ4v) is 2.57. The van der Waals surface area contributed by atoms with Gasteiger partial charge in [-0.1, -0.05) is 17.7 Å². The summed E-state index contributed by atoms with van der Waals surface area (Å²) in [6.45, 7) is 2.05. The summed E-state index contributed by atoms with van der Waals surface area (Å²) in [4.78, 5) is 0. The lowest BCUT2D eigenvalue weighted by molar-refractivity contribution is 0.627. The largest absolute Gasteiger partial charge is 0.342 e. The lowest BCUT2D eigenvalue weighted by Crippen LogP contribution is -2.00. The van der Waals surface area contributed by atoms with Gasteiger partial charge in [-0.25, -0.2) is 4.39 Å². The van der Waals surface area contributed by atoms with Crippen LogP contribution in [0.4, 0.5) is 4.39 Å². The lowest BCUT2D eigenvalue weighted by atomic mass is 10.1. The molecular formula is C14H13ClFN. The lowest BCUT2D eigenvalue weighted by Gasteiger charge is -2.12. The molecule has 0 unspecified atom stereocenters. The Morgan fingerprint density at radius 1 is 1.24 bits per heavy atom. The molecule has 0 spiro atoms. The maximum Gasteiger partial charge on any atom is 0.134 e. The monoisotopic (exact) mass is 249 g/mol. The maximum atomic E-state index is 13.9. The van der Waals surface area contributed by atoms with E-state index in [4.69, 9.17) is 11.6 Å². The average Bonchev–Trinajstić information content (AvgIpc) is 3.04. The minimum atomic E-state index is -0.252. The molecule has 2 aromatic rings. The van der Waals surface area contributed by atoms with Gasteiger partial charge in [-0.15, -0.1) is 0 Å². The molecule has 1 aliphatic carbocycles. The normalized spacial score (nSPS) is 15.2. The summed E-state index contributed by atoms with van der Waals surface area (Å²) in [5.41, 5.74) is 2.59. The van der Waals surface area contributed by atoms with Crippen molar-refractivity contribution in [1.82, 2.24) is 4.57 Å². The highest BCUT2D eigenvalue weighted by molar-refractivity contribution is 6.33. The van der Waals surface area contributed by atoms with Gasteiger partial charge in [0.05, 0.1) is 16.3 Å². The average molecular weight is 250 g/mol. The molecule has 0 atom stereocenters. The van der Waals surface area contributed by atoms with Crippen molar-refractivity contribution in [3.8, 4) is 11.3 Å². The first-order chi connectivity index (χ1) is 8.18. The van der Waals surface area contributed by atoms with Crippen LogP contribution in [0.15, 0.2) is 30.3 Å². The highest BCUT2D eigenvalue weighted by atomic mass is 35.5. The third kappa shape index (κ3) is 1.77. The summed E-state index contributed by atoms with van der Waals surface area (Å²) in [6, 6.07) is 9.34. The molecule has 0 amide bonds. The number of aryl methyl sites for hydroxylation is 1. The van der Waals surface area contributed by atoms with Crippen LogP contribution in [0.5, 0.6) is 0 Å². The van der Waals surface area contributed by atoms with E-state index in [1.54, 1.807) is 12.1 Å². The number of halogens is 2. The number of hydrogen-bond acceptors (Lipinski definition) is 0. The number of nitrogens with zero attached hydrogens (tertiary/aromatic N) is 1. The van der Waals surface area contributed by atoms with E-state index in [0.29, 0.717) is 16.6 Å². The van der Waals surface area contributed by atoms with Crippen LogP contribution in [0.3, 0.4) is 0 Å². The summed E-state index contributed by atoms with van der Waals surface area (Å²) in [5.74, 6) is -0.252. The Labute approximate surface area is 105 Å². The second kappa shape index (κ2) is 3.88. The first kappa shape index (κ1) is 10.8. The van der Waals surface area contributed by atoms with Crippen molar-refractivity contribution in [3.63, 3.8) is 0 Å². The van der Waals surface area contributed by atoms with Gasteiger partial charge < -0.3 is 4.57 Å². The van der Waals surface area contributed by atoms with Crippen molar-refractivity contribution >= 4 is 11.6 Å². The van der Waals surface area contributed by atoms with Gasteiger partial charge in [0.2, 0.25) is 0 Å². The Bertz CT molecular complexity index is 549. The van der Waals surface area contributed by atoms with Crippen LogP contribution >= 0.6 is 11.6 Å². The molecule has 1 nitrogen and oxygen atoms in total. The Morgan fingerprint density at radius 3 is 2.65 bits per heavy atom. The van der Waals surface area contributed by atoms with Crippen LogP contribution in [0.2, 0.25) is 5.02 Å². The van der Waals surface area contributed by atoms with Gasteiger partial charge in [-0.2, -0.15) is 0 Å². The van der Waals surface area contributed by atoms with E-state index in [9.17, 15) is 4.39 Å². The topological polar surface area (TPSA) is 4.93 Å². The van der Waals surface area contributed by atoms with Crippen LogP contribution in [0.1, 0.15) is 24.6 Å². The standard InChI is InChI=1S/C14H13ClFN/c1-9-5-8-13(17(9)10-6-7-10)14-11(15)3-2-4-12(14)16/h2-5,8,10H,6-7H2,1H3. The van der Waals surface area contributed by atoms with Crippen molar-refractivity contribution in [1.29, 1.82) is 0 Å². The van der Waals surface area contributed by atoms with Gasteiger partial charge in [0.15, 0.2) is 0 Å². The quantitative estimate of drug-likeness (QED) is 0.734. The highest BCUT2D eigenvalue weighted by Gasteiger charge is 2.28. The minimum absolute atomic E-state index is 0.252. The van der Waals surface area contributed by atoms with Crippen LogP contribution in [0, 0.1) is 12.7 Å². The zero-order valence-corrected chi connectivity index (χ0v) is 10.3. The van der Waals surface area contributed by atoms with Crippen LogP contribution in [-0.4, -0.2) is 4.57 Å². The SMILES string of the molecule is Cc1ccc(-c2c(F)cccc2Cl)n1C1CC1. The van der Waals surface area contributed by atoms with Crippen LogP contribution < -0.4 is 0 Å². The third-order valence-corrected chi connectivity index (χ3v) is 3.57. The summed E-state index contributed by atoms with van der Waals surface area (Å²) in [5, 5.41) is 0.477. The number of benzene rings is 1. The van der Waals surface area contributed by atoms with Crippen molar-refractivity contribution in [2.45, 2.75) is 25.8 Å². The third-order valence-electron chi connectivity index (χ3n) is 3.25. The first-order valence-electron chi connectivity index (χ1n) is 5.80. The van der Waals surface area contributed by atoms with Gasteiger partial charge in [0.25, 0.3) is 0 Å². The Morgan fingerprint density at radius 2 is 2.00 bits per heavy atom. The van der Waals surface area contributed by atoms with E-state index in [2.05, 4.69) is 11.5 Å². The van der Waals surface area contributed by atoms with Crippen molar-refractivity contribution in [2.75, 3.05) is 0 Å². The number of hydrogen-bond donors (Lipinski definition) is 0. The van der Waals surface area contributed by atoms with Gasteiger partial charge in [0.1, 0.15) is 5.82 Å². The fraction of sp³-hybridized carbons (Fsp3) is 0.286. The molecule has 88 valence electrons. The van der Waals surface area contributed by atoms with Crippen molar-refractivity contribution < 1.29 is 4.39 Å². The van der Waals surface area contributed by atoms with Crippen molar-refractivity contribution in [2.24, 2.45) is 0 Å². The summed E-state index contributed by atoms with van der Waals surface area (Å²) in [6.07, 6.45) is 2.35. The van der Waals surface area contributed by atoms with Gasteiger partial charge >= 0.3 is 0 Å². The number of rotatable bonds is 2. The van der Waals surface area contributed by atoms with E-state index < -0.39 is 0 Å². The smallest absolute Gasteiger partial charge is 0.134 e. The first-order valence-corrected chi connectivity index (χ1v) is 6.18. The van der Waals surface area contributed by atoms with Gasteiger partial charge in [-0.05, 0) is 44.0 Å². The van der Waals surface area contributed by atoms with E-state index in [1.807, 2.05) is 12.1 Å². The highest BCUT2D eigenvalue weighted by Crippen LogP contribution is 2.42. The molecule has 1 saturated carbocycles. The van der Waals surface area contributed by atoms with Gasteiger partial charge in [-0.3, -0.25) is 0 Å². The zero-order chi connectivity index (χ0) is 12.0. The summed E-state index contributed by atoms with van der Waals surface area (Å²) < 4.78 is 16.1. The number of aromatic nitrogens is 1. The Balaban J connectivity index is 2.21. The molecule has 3 heteroatoms. The molecular weight excluding hydrogens is 237 g/mol. The van der Waals surface area contributed by atoms with Gasteiger partial charge in [0, 0.05) is 11.7 Å². The van der Waals surface area contributed by atoms with Crippen molar-refractivity contribution in [3.05, 3.63) is 46.9 Å².